The highest BCUT2D eigenvalue weighted by Gasteiger charge is 2.07. The molecule has 0 saturated carbocycles. The highest BCUT2D eigenvalue weighted by atomic mass is 79.9. The highest BCUT2D eigenvalue weighted by Crippen LogP contribution is 2.22. The predicted molar refractivity (Wildman–Crippen MR) is 57.3 cm³/mol. The van der Waals surface area contributed by atoms with Crippen molar-refractivity contribution in [2.24, 2.45) is 0 Å². The van der Waals surface area contributed by atoms with Crippen LogP contribution in [0.15, 0.2) is 28.7 Å². The van der Waals surface area contributed by atoms with Crippen LogP contribution in [0.25, 0.3) is 0 Å². The zero-order valence-corrected chi connectivity index (χ0v) is 9.47. The average molecular weight is 244 g/mol. The number of halogens is 1. The van der Waals surface area contributed by atoms with Crippen LogP contribution in [0.5, 0.6) is 0 Å². The third-order valence-corrected chi connectivity index (χ3v) is 2.50. The Morgan fingerprint density at radius 2 is 2.15 bits per heavy atom. The maximum Gasteiger partial charge on any atom is 0.0654 e. The fourth-order valence-corrected chi connectivity index (χ4v) is 1.73. The SMILES string of the molecule is CCONC(C)c1ccccc1Br. The molecule has 0 heterocycles. The molecule has 1 aromatic carbocycles. The Bertz CT molecular complexity index is 265. The minimum atomic E-state index is 0.204. The van der Waals surface area contributed by atoms with Crippen LogP contribution in [0.3, 0.4) is 0 Å². The standard InChI is InChI=1S/C10H14BrNO/c1-3-13-12-8(2)9-6-4-5-7-10(9)11/h4-8,12H,3H2,1-2H3. The Morgan fingerprint density at radius 1 is 1.46 bits per heavy atom. The molecule has 72 valence electrons. The van der Waals surface area contributed by atoms with Crippen molar-refractivity contribution < 1.29 is 4.84 Å². The molecule has 1 atom stereocenters. The minimum absolute atomic E-state index is 0.204. The first-order valence-electron chi connectivity index (χ1n) is 4.37. The van der Waals surface area contributed by atoms with Crippen LogP contribution in [-0.2, 0) is 4.84 Å². The lowest BCUT2D eigenvalue weighted by Gasteiger charge is -2.14. The van der Waals surface area contributed by atoms with Crippen molar-refractivity contribution in [2.75, 3.05) is 6.61 Å². The van der Waals surface area contributed by atoms with Gasteiger partial charge < -0.3 is 4.84 Å². The van der Waals surface area contributed by atoms with Crippen LogP contribution >= 0.6 is 15.9 Å². The molecule has 0 amide bonds. The van der Waals surface area contributed by atoms with Crippen molar-refractivity contribution in [3.8, 4) is 0 Å². The van der Waals surface area contributed by atoms with Gasteiger partial charge in [-0.1, -0.05) is 34.1 Å². The summed E-state index contributed by atoms with van der Waals surface area (Å²) in [6, 6.07) is 8.32. The Morgan fingerprint density at radius 3 is 2.77 bits per heavy atom. The molecule has 0 aliphatic heterocycles. The Labute approximate surface area is 87.4 Å². The van der Waals surface area contributed by atoms with E-state index < -0.39 is 0 Å². The summed E-state index contributed by atoms with van der Waals surface area (Å²) < 4.78 is 1.11. The van der Waals surface area contributed by atoms with Crippen LogP contribution in [0.2, 0.25) is 0 Å². The van der Waals surface area contributed by atoms with Gasteiger partial charge in [0.25, 0.3) is 0 Å². The van der Waals surface area contributed by atoms with Crippen LogP contribution in [0.4, 0.5) is 0 Å². The molecule has 13 heavy (non-hydrogen) atoms. The van der Waals surface area contributed by atoms with E-state index in [-0.39, 0.29) is 6.04 Å². The lowest BCUT2D eigenvalue weighted by Crippen LogP contribution is -2.19. The molecule has 1 N–H and O–H groups in total. The van der Waals surface area contributed by atoms with E-state index in [4.69, 9.17) is 4.84 Å². The fourth-order valence-electron chi connectivity index (χ4n) is 1.10. The van der Waals surface area contributed by atoms with E-state index in [1.54, 1.807) is 0 Å². The lowest BCUT2D eigenvalue weighted by molar-refractivity contribution is 0.0283. The van der Waals surface area contributed by atoms with E-state index >= 15 is 0 Å². The molecule has 0 radical (unpaired) electrons. The number of hydrogen-bond donors (Lipinski definition) is 1. The van der Waals surface area contributed by atoms with Crippen molar-refractivity contribution in [2.45, 2.75) is 19.9 Å². The van der Waals surface area contributed by atoms with Crippen LogP contribution in [-0.4, -0.2) is 6.61 Å². The van der Waals surface area contributed by atoms with Gasteiger partial charge in [-0.05, 0) is 25.5 Å². The second-order valence-electron chi connectivity index (χ2n) is 2.79. The first-order valence-corrected chi connectivity index (χ1v) is 5.16. The van der Waals surface area contributed by atoms with Gasteiger partial charge in [-0.25, -0.2) is 0 Å². The number of rotatable bonds is 4. The fraction of sp³-hybridized carbons (Fsp3) is 0.400. The summed E-state index contributed by atoms with van der Waals surface area (Å²) in [5.74, 6) is 0. The van der Waals surface area contributed by atoms with E-state index in [1.165, 1.54) is 5.56 Å². The molecular weight excluding hydrogens is 230 g/mol. The Balaban J connectivity index is 2.65. The maximum absolute atomic E-state index is 5.13. The van der Waals surface area contributed by atoms with Gasteiger partial charge in [-0.15, -0.1) is 0 Å². The van der Waals surface area contributed by atoms with Gasteiger partial charge in [0.1, 0.15) is 0 Å². The van der Waals surface area contributed by atoms with E-state index in [2.05, 4.69) is 34.4 Å². The molecule has 0 aliphatic rings. The smallest absolute Gasteiger partial charge is 0.0654 e. The van der Waals surface area contributed by atoms with Crippen molar-refractivity contribution in [3.63, 3.8) is 0 Å². The van der Waals surface area contributed by atoms with E-state index in [0.717, 1.165) is 4.47 Å². The summed E-state index contributed by atoms with van der Waals surface area (Å²) in [5.41, 5.74) is 4.16. The normalized spacial score (nSPS) is 12.8. The Hall–Kier alpha value is -0.380. The summed E-state index contributed by atoms with van der Waals surface area (Å²) in [5, 5.41) is 0. The highest BCUT2D eigenvalue weighted by molar-refractivity contribution is 9.10. The quantitative estimate of drug-likeness (QED) is 0.822. The summed E-state index contributed by atoms with van der Waals surface area (Å²) in [4.78, 5) is 5.13. The second-order valence-corrected chi connectivity index (χ2v) is 3.65. The largest absolute Gasteiger partial charge is 0.302 e. The van der Waals surface area contributed by atoms with E-state index in [0.29, 0.717) is 6.61 Å². The van der Waals surface area contributed by atoms with Crippen molar-refractivity contribution >= 4 is 15.9 Å². The molecule has 1 rings (SSSR count). The number of hydroxylamine groups is 1. The van der Waals surface area contributed by atoms with Gasteiger partial charge >= 0.3 is 0 Å². The molecule has 0 aromatic heterocycles. The summed E-state index contributed by atoms with van der Waals surface area (Å²) in [7, 11) is 0. The van der Waals surface area contributed by atoms with Gasteiger partial charge in [0.2, 0.25) is 0 Å². The van der Waals surface area contributed by atoms with Crippen molar-refractivity contribution in [3.05, 3.63) is 34.3 Å². The number of nitrogens with one attached hydrogen (secondary N) is 1. The average Bonchev–Trinajstić information content (AvgIpc) is 2.15. The zero-order valence-electron chi connectivity index (χ0n) is 7.88. The first-order chi connectivity index (χ1) is 6.25. The molecule has 0 fully saturated rings. The second kappa shape index (κ2) is 5.37. The third kappa shape index (κ3) is 3.10. The maximum atomic E-state index is 5.13. The van der Waals surface area contributed by atoms with Gasteiger partial charge in [0.05, 0.1) is 12.6 Å². The number of benzene rings is 1. The Kier molecular flexibility index (Phi) is 4.42. The molecule has 1 aromatic rings. The van der Waals surface area contributed by atoms with Crippen molar-refractivity contribution in [1.82, 2.24) is 5.48 Å². The lowest BCUT2D eigenvalue weighted by atomic mass is 10.1. The van der Waals surface area contributed by atoms with Crippen LogP contribution in [0, 0.1) is 0 Å². The van der Waals surface area contributed by atoms with Crippen molar-refractivity contribution in [1.29, 1.82) is 0 Å². The molecular formula is C10H14BrNO. The molecule has 0 spiro atoms. The predicted octanol–water partition coefficient (Wildman–Crippen LogP) is 3.05. The minimum Gasteiger partial charge on any atom is -0.302 e. The first kappa shape index (κ1) is 10.7. The van der Waals surface area contributed by atoms with Gasteiger partial charge in [0.15, 0.2) is 0 Å². The molecule has 0 saturated heterocycles. The van der Waals surface area contributed by atoms with Gasteiger partial charge in [-0.3, -0.25) is 0 Å². The van der Waals surface area contributed by atoms with Gasteiger partial charge in [-0.2, -0.15) is 5.48 Å². The topological polar surface area (TPSA) is 21.3 Å². The molecule has 0 bridgehead atoms. The third-order valence-electron chi connectivity index (χ3n) is 1.78. The summed E-state index contributed by atoms with van der Waals surface area (Å²) >= 11 is 3.49. The van der Waals surface area contributed by atoms with E-state index in [9.17, 15) is 0 Å². The van der Waals surface area contributed by atoms with Crippen LogP contribution in [0.1, 0.15) is 25.5 Å². The molecule has 1 unspecified atom stereocenters. The zero-order chi connectivity index (χ0) is 9.68. The number of hydrogen-bond acceptors (Lipinski definition) is 2. The van der Waals surface area contributed by atoms with E-state index in [1.807, 2.05) is 25.1 Å². The summed E-state index contributed by atoms with van der Waals surface area (Å²) in [6.07, 6.45) is 0. The monoisotopic (exact) mass is 243 g/mol. The summed E-state index contributed by atoms with van der Waals surface area (Å²) in [6.45, 7) is 4.70. The van der Waals surface area contributed by atoms with Gasteiger partial charge in [0, 0.05) is 4.47 Å². The van der Waals surface area contributed by atoms with Crippen LogP contribution < -0.4 is 5.48 Å². The molecule has 2 nitrogen and oxygen atoms in total. The molecule has 3 heteroatoms. The molecule has 0 aliphatic carbocycles.